The van der Waals surface area contributed by atoms with Crippen molar-refractivity contribution in [1.29, 1.82) is 0 Å². The van der Waals surface area contributed by atoms with Gasteiger partial charge in [-0.2, -0.15) is 0 Å². The van der Waals surface area contributed by atoms with Crippen LogP contribution in [-0.4, -0.2) is 19.0 Å². The van der Waals surface area contributed by atoms with Crippen molar-refractivity contribution in [2.24, 2.45) is 5.92 Å². The molecule has 1 amide bonds. The van der Waals surface area contributed by atoms with E-state index in [-0.39, 0.29) is 12.5 Å². The quantitative estimate of drug-likeness (QED) is 0.848. The molecule has 1 aromatic carbocycles. The summed E-state index contributed by atoms with van der Waals surface area (Å²) in [5.74, 6) is 0.442. The molecule has 94 valence electrons. The first-order valence-corrected chi connectivity index (χ1v) is 6.13. The number of carbonyl (C=O) groups is 1. The summed E-state index contributed by atoms with van der Waals surface area (Å²) in [6.07, 6.45) is 0. The third kappa shape index (κ3) is 5.09. The zero-order valence-electron chi connectivity index (χ0n) is 10.5. The molecule has 4 heteroatoms. The summed E-state index contributed by atoms with van der Waals surface area (Å²) in [5.41, 5.74) is 1.91. The highest BCUT2D eigenvalue weighted by Crippen LogP contribution is 2.22. The van der Waals surface area contributed by atoms with Crippen LogP contribution < -0.4 is 10.6 Å². The molecule has 17 heavy (non-hydrogen) atoms. The van der Waals surface area contributed by atoms with Gasteiger partial charge in [0.2, 0.25) is 5.91 Å². The smallest absolute Gasteiger partial charge is 0.239 e. The van der Waals surface area contributed by atoms with Gasteiger partial charge in [0.05, 0.1) is 17.3 Å². The van der Waals surface area contributed by atoms with Crippen LogP contribution >= 0.6 is 11.6 Å². The maximum absolute atomic E-state index is 11.5. The predicted octanol–water partition coefficient (Wildman–Crippen LogP) is 2.83. The van der Waals surface area contributed by atoms with E-state index in [1.165, 1.54) is 0 Å². The Bertz CT molecular complexity index is 391. The number of hydrogen-bond donors (Lipinski definition) is 2. The minimum Gasteiger partial charge on any atom is -0.375 e. The molecule has 0 aliphatic rings. The van der Waals surface area contributed by atoms with E-state index >= 15 is 0 Å². The summed E-state index contributed by atoms with van der Waals surface area (Å²) >= 11 is 6.01. The lowest BCUT2D eigenvalue weighted by atomic mass is 10.2. The van der Waals surface area contributed by atoms with Crippen LogP contribution in [0.15, 0.2) is 18.2 Å². The number of nitrogens with one attached hydrogen (secondary N) is 2. The van der Waals surface area contributed by atoms with E-state index < -0.39 is 0 Å². The molecule has 0 radical (unpaired) electrons. The Labute approximate surface area is 108 Å². The number of carbonyl (C=O) groups excluding carboxylic acids is 1. The standard InChI is InChI=1S/C13H19ClN2O/c1-9(2)7-16-13(17)8-15-12-6-10(3)4-5-11(12)14/h4-6,9,15H,7-8H2,1-3H3,(H,16,17). The minimum atomic E-state index is -0.0173. The van der Waals surface area contributed by atoms with Crippen molar-refractivity contribution in [3.8, 4) is 0 Å². The normalized spacial score (nSPS) is 10.4. The SMILES string of the molecule is Cc1ccc(Cl)c(NCC(=O)NCC(C)C)c1. The molecule has 0 saturated carbocycles. The van der Waals surface area contributed by atoms with Crippen molar-refractivity contribution in [2.75, 3.05) is 18.4 Å². The van der Waals surface area contributed by atoms with Crippen LogP contribution in [0.25, 0.3) is 0 Å². The van der Waals surface area contributed by atoms with E-state index in [0.717, 1.165) is 11.3 Å². The van der Waals surface area contributed by atoms with Crippen LogP contribution in [0.4, 0.5) is 5.69 Å². The molecule has 1 rings (SSSR count). The summed E-state index contributed by atoms with van der Waals surface area (Å²) < 4.78 is 0. The van der Waals surface area contributed by atoms with Gasteiger partial charge >= 0.3 is 0 Å². The van der Waals surface area contributed by atoms with E-state index in [1.54, 1.807) is 0 Å². The van der Waals surface area contributed by atoms with Gasteiger partial charge in [-0.15, -0.1) is 0 Å². The number of hydrogen-bond acceptors (Lipinski definition) is 2. The van der Waals surface area contributed by atoms with E-state index in [9.17, 15) is 4.79 Å². The Morgan fingerprint density at radius 3 is 2.76 bits per heavy atom. The number of rotatable bonds is 5. The molecule has 0 saturated heterocycles. The second-order valence-electron chi connectivity index (χ2n) is 4.53. The molecule has 3 nitrogen and oxygen atoms in total. The van der Waals surface area contributed by atoms with Gasteiger partial charge in [-0.05, 0) is 30.5 Å². The summed E-state index contributed by atoms with van der Waals surface area (Å²) in [6, 6.07) is 5.69. The highest BCUT2D eigenvalue weighted by atomic mass is 35.5. The average Bonchev–Trinajstić information content (AvgIpc) is 2.27. The first-order valence-electron chi connectivity index (χ1n) is 5.75. The van der Waals surface area contributed by atoms with Crippen LogP contribution in [-0.2, 0) is 4.79 Å². The van der Waals surface area contributed by atoms with Crippen molar-refractivity contribution in [2.45, 2.75) is 20.8 Å². The molecule has 0 spiro atoms. The van der Waals surface area contributed by atoms with Gasteiger partial charge in [0.15, 0.2) is 0 Å². The van der Waals surface area contributed by atoms with Crippen molar-refractivity contribution in [3.05, 3.63) is 28.8 Å². The highest BCUT2D eigenvalue weighted by Gasteiger charge is 2.04. The molecule has 0 aromatic heterocycles. The predicted molar refractivity (Wildman–Crippen MR) is 72.5 cm³/mol. The molecule has 0 atom stereocenters. The van der Waals surface area contributed by atoms with Crippen LogP contribution in [0.5, 0.6) is 0 Å². The van der Waals surface area contributed by atoms with Crippen LogP contribution in [0, 0.1) is 12.8 Å². The molecule has 0 fully saturated rings. The van der Waals surface area contributed by atoms with Crippen molar-refractivity contribution in [1.82, 2.24) is 5.32 Å². The Balaban J connectivity index is 2.44. The molecular weight excluding hydrogens is 236 g/mol. The summed E-state index contributed by atoms with van der Waals surface area (Å²) in [4.78, 5) is 11.5. The Kier molecular flexibility index (Phi) is 5.29. The number of benzene rings is 1. The Morgan fingerprint density at radius 1 is 1.41 bits per heavy atom. The Hall–Kier alpha value is -1.22. The van der Waals surface area contributed by atoms with Crippen LogP contribution in [0.1, 0.15) is 19.4 Å². The summed E-state index contributed by atoms with van der Waals surface area (Å²) in [5, 5.41) is 6.51. The number of amides is 1. The van der Waals surface area contributed by atoms with Gasteiger partial charge in [0, 0.05) is 6.54 Å². The lowest BCUT2D eigenvalue weighted by Gasteiger charge is -2.11. The maximum atomic E-state index is 11.5. The van der Waals surface area contributed by atoms with E-state index in [4.69, 9.17) is 11.6 Å². The third-order valence-corrected chi connectivity index (χ3v) is 2.60. The molecule has 0 heterocycles. The van der Waals surface area contributed by atoms with E-state index in [2.05, 4.69) is 24.5 Å². The number of aryl methyl sites for hydroxylation is 1. The van der Waals surface area contributed by atoms with Crippen LogP contribution in [0.3, 0.4) is 0 Å². The zero-order valence-corrected chi connectivity index (χ0v) is 11.3. The van der Waals surface area contributed by atoms with Crippen molar-refractivity contribution >= 4 is 23.2 Å². The summed E-state index contributed by atoms with van der Waals surface area (Å²) in [6.45, 7) is 7.05. The molecule has 0 bridgehead atoms. The molecule has 0 aliphatic carbocycles. The van der Waals surface area contributed by atoms with Crippen molar-refractivity contribution in [3.63, 3.8) is 0 Å². The summed E-state index contributed by atoms with van der Waals surface area (Å²) in [7, 11) is 0. The first kappa shape index (κ1) is 13.8. The maximum Gasteiger partial charge on any atom is 0.239 e. The fraction of sp³-hybridized carbons (Fsp3) is 0.462. The van der Waals surface area contributed by atoms with E-state index in [0.29, 0.717) is 17.5 Å². The molecule has 2 N–H and O–H groups in total. The lowest BCUT2D eigenvalue weighted by molar-refractivity contribution is -0.119. The zero-order chi connectivity index (χ0) is 12.8. The monoisotopic (exact) mass is 254 g/mol. The fourth-order valence-corrected chi connectivity index (χ4v) is 1.51. The second-order valence-corrected chi connectivity index (χ2v) is 4.94. The van der Waals surface area contributed by atoms with Gasteiger partial charge in [0.25, 0.3) is 0 Å². The molecule has 0 aliphatic heterocycles. The first-order chi connectivity index (χ1) is 7.99. The van der Waals surface area contributed by atoms with Crippen LogP contribution in [0.2, 0.25) is 5.02 Å². The fourth-order valence-electron chi connectivity index (χ4n) is 1.33. The van der Waals surface area contributed by atoms with Gasteiger partial charge < -0.3 is 10.6 Å². The van der Waals surface area contributed by atoms with Gasteiger partial charge in [-0.1, -0.05) is 31.5 Å². The minimum absolute atomic E-state index is 0.0173. The van der Waals surface area contributed by atoms with Crippen molar-refractivity contribution < 1.29 is 4.79 Å². The largest absolute Gasteiger partial charge is 0.375 e. The molecule has 0 unspecified atom stereocenters. The highest BCUT2D eigenvalue weighted by molar-refractivity contribution is 6.33. The molecular formula is C13H19ClN2O. The van der Waals surface area contributed by atoms with Gasteiger partial charge in [0.1, 0.15) is 0 Å². The number of halogens is 1. The lowest BCUT2D eigenvalue weighted by Crippen LogP contribution is -2.32. The average molecular weight is 255 g/mol. The molecule has 1 aromatic rings. The topological polar surface area (TPSA) is 41.1 Å². The second kappa shape index (κ2) is 6.50. The Morgan fingerprint density at radius 2 is 2.12 bits per heavy atom. The third-order valence-electron chi connectivity index (χ3n) is 2.27. The van der Waals surface area contributed by atoms with E-state index in [1.807, 2.05) is 25.1 Å². The van der Waals surface area contributed by atoms with Gasteiger partial charge in [-0.3, -0.25) is 4.79 Å². The number of anilines is 1. The van der Waals surface area contributed by atoms with Gasteiger partial charge in [-0.25, -0.2) is 0 Å².